The summed E-state index contributed by atoms with van der Waals surface area (Å²) in [6.07, 6.45) is -0.179. The van der Waals surface area contributed by atoms with E-state index in [-0.39, 0.29) is 18.7 Å². The van der Waals surface area contributed by atoms with Gasteiger partial charge in [0.2, 0.25) is 5.91 Å². The largest absolute Gasteiger partial charge is 0.490 e. The summed E-state index contributed by atoms with van der Waals surface area (Å²) in [6, 6.07) is 16.9. The summed E-state index contributed by atoms with van der Waals surface area (Å²) in [6.45, 7) is 1.24. The molecule has 0 radical (unpaired) electrons. The van der Waals surface area contributed by atoms with Gasteiger partial charge in [0.1, 0.15) is 24.7 Å². The first kappa shape index (κ1) is 18.3. The van der Waals surface area contributed by atoms with E-state index in [1.54, 1.807) is 0 Å². The zero-order chi connectivity index (χ0) is 17.9. The molecule has 2 rings (SSSR count). The second kappa shape index (κ2) is 9.97. The van der Waals surface area contributed by atoms with Crippen molar-refractivity contribution < 1.29 is 24.2 Å². The topological polar surface area (TPSA) is 84.9 Å². The number of hydrogen-bond acceptors (Lipinski definition) is 4. The third-order valence-electron chi connectivity index (χ3n) is 3.34. The zero-order valence-corrected chi connectivity index (χ0v) is 13.8. The second-order valence-corrected chi connectivity index (χ2v) is 5.32. The average molecular weight is 343 g/mol. The van der Waals surface area contributed by atoms with Gasteiger partial charge in [-0.25, -0.2) is 0 Å². The number of aliphatic carboxylic acids is 1. The number of ether oxygens (including phenoxy) is 2. The number of carbonyl (C=O) groups excluding carboxylic acids is 1. The number of para-hydroxylation sites is 1. The van der Waals surface area contributed by atoms with Gasteiger partial charge in [-0.1, -0.05) is 30.3 Å². The van der Waals surface area contributed by atoms with Crippen molar-refractivity contribution >= 4 is 11.9 Å². The van der Waals surface area contributed by atoms with Gasteiger partial charge in [0.15, 0.2) is 0 Å². The molecule has 0 spiro atoms. The Morgan fingerprint density at radius 3 is 2.04 bits per heavy atom. The van der Waals surface area contributed by atoms with Crippen LogP contribution in [0.2, 0.25) is 0 Å². The van der Waals surface area contributed by atoms with E-state index in [2.05, 4.69) is 5.32 Å². The van der Waals surface area contributed by atoms with Crippen molar-refractivity contribution in [3.05, 3.63) is 60.2 Å². The lowest BCUT2D eigenvalue weighted by molar-refractivity contribution is -0.138. The first-order chi connectivity index (χ1) is 12.1. The number of hydrogen-bond donors (Lipinski definition) is 2. The molecule has 25 heavy (non-hydrogen) atoms. The van der Waals surface area contributed by atoms with Gasteiger partial charge in [-0.15, -0.1) is 0 Å². The predicted octanol–water partition coefficient (Wildman–Crippen LogP) is 2.63. The van der Waals surface area contributed by atoms with E-state index in [0.29, 0.717) is 19.8 Å². The molecule has 6 heteroatoms. The zero-order valence-electron chi connectivity index (χ0n) is 13.8. The van der Waals surface area contributed by atoms with Crippen LogP contribution in [0.5, 0.6) is 11.5 Å². The first-order valence-corrected chi connectivity index (χ1v) is 8.01. The molecule has 0 unspecified atom stereocenters. The van der Waals surface area contributed by atoms with Crippen molar-refractivity contribution in [2.75, 3.05) is 13.2 Å². The van der Waals surface area contributed by atoms with E-state index in [1.807, 2.05) is 54.6 Å². The van der Waals surface area contributed by atoms with Crippen molar-refractivity contribution in [1.29, 1.82) is 0 Å². The highest BCUT2D eigenvalue weighted by Crippen LogP contribution is 2.13. The van der Waals surface area contributed by atoms with Crippen molar-refractivity contribution in [1.82, 2.24) is 5.32 Å². The van der Waals surface area contributed by atoms with Crippen LogP contribution in [0.15, 0.2) is 54.6 Å². The van der Waals surface area contributed by atoms with Gasteiger partial charge < -0.3 is 19.9 Å². The molecule has 6 nitrogen and oxygen atoms in total. The van der Waals surface area contributed by atoms with Crippen LogP contribution in [-0.2, 0) is 16.1 Å². The fraction of sp³-hybridized carbons (Fsp3) is 0.263. The minimum Gasteiger partial charge on any atom is -0.490 e. The molecule has 0 fully saturated rings. The molecule has 0 aromatic heterocycles. The van der Waals surface area contributed by atoms with Crippen molar-refractivity contribution in [2.45, 2.75) is 19.4 Å². The number of carboxylic acids is 1. The minimum absolute atomic E-state index is 0.0159. The molecule has 0 heterocycles. The molecule has 2 aromatic carbocycles. The third-order valence-corrected chi connectivity index (χ3v) is 3.34. The second-order valence-electron chi connectivity index (χ2n) is 5.32. The van der Waals surface area contributed by atoms with Crippen LogP contribution in [0, 0.1) is 0 Å². The van der Waals surface area contributed by atoms with Gasteiger partial charge in [0.05, 0.1) is 6.42 Å². The molecular weight excluding hydrogens is 322 g/mol. The molecule has 2 aromatic rings. The summed E-state index contributed by atoms with van der Waals surface area (Å²) in [7, 11) is 0. The summed E-state index contributed by atoms with van der Waals surface area (Å²) in [4.78, 5) is 21.9. The highest BCUT2D eigenvalue weighted by molar-refractivity contribution is 5.80. The molecule has 2 N–H and O–H groups in total. The number of carboxylic acid groups (broad SMARTS) is 1. The Kier molecular flexibility index (Phi) is 7.31. The van der Waals surface area contributed by atoms with E-state index < -0.39 is 5.97 Å². The molecule has 0 saturated heterocycles. The molecule has 0 aliphatic carbocycles. The summed E-state index contributed by atoms with van der Waals surface area (Å²) >= 11 is 0. The predicted molar refractivity (Wildman–Crippen MR) is 92.6 cm³/mol. The highest BCUT2D eigenvalue weighted by atomic mass is 16.5. The smallest absolute Gasteiger partial charge is 0.303 e. The Bertz CT molecular complexity index is 670. The number of nitrogens with one attached hydrogen (secondary N) is 1. The van der Waals surface area contributed by atoms with Gasteiger partial charge in [-0.3, -0.25) is 9.59 Å². The summed E-state index contributed by atoms with van der Waals surface area (Å²) in [5.41, 5.74) is 0.913. The Labute approximate surface area is 146 Å². The van der Waals surface area contributed by atoms with Gasteiger partial charge >= 0.3 is 5.97 Å². The van der Waals surface area contributed by atoms with Crippen LogP contribution < -0.4 is 14.8 Å². The summed E-state index contributed by atoms with van der Waals surface area (Å²) < 4.78 is 11.1. The average Bonchev–Trinajstić information content (AvgIpc) is 2.63. The quantitative estimate of drug-likeness (QED) is 0.648. The lowest BCUT2D eigenvalue weighted by Gasteiger charge is -2.09. The fourth-order valence-corrected chi connectivity index (χ4v) is 2.05. The minimum atomic E-state index is -0.979. The van der Waals surface area contributed by atoms with Gasteiger partial charge in [-0.2, -0.15) is 0 Å². The van der Waals surface area contributed by atoms with Crippen LogP contribution in [0.3, 0.4) is 0 Å². The molecule has 1 amide bonds. The normalized spacial score (nSPS) is 10.1. The number of carbonyl (C=O) groups is 2. The van der Waals surface area contributed by atoms with E-state index in [1.165, 1.54) is 0 Å². The van der Waals surface area contributed by atoms with E-state index in [4.69, 9.17) is 14.6 Å². The maximum Gasteiger partial charge on any atom is 0.303 e. The number of rotatable bonds is 10. The van der Waals surface area contributed by atoms with Crippen molar-refractivity contribution in [3.8, 4) is 11.5 Å². The molecule has 0 aliphatic heterocycles. The van der Waals surface area contributed by atoms with E-state index in [0.717, 1.165) is 17.1 Å². The number of amides is 1. The summed E-state index contributed by atoms with van der Waals surface area (Å²) in [5, 5.41) is 11.2. The Morgan fingerprint density at radius 1 is 0.840 bits per heavy atom. The molecule has 0 bridgehead atoms. The van der Waals surface area contributed by atoms with E-state index in [9.17, 15) is 9.59 Å². The molecule has 0 saturated carbocycles. The maximum atomic E-state index is 11.5. The maximum absolute atomic E-state index is 11.5. The van der Waals surface area contributed by atoms with Crippen LogP contribution in [0.25, 0.3) is 0 Å². The lowest BCUT2D eigenvalue weighted by Crippen LogP contribution is -2.23. The van der Waals surface area contributed by atoms with Gasteiger partial charge in [-0.05, 0) is 29.8 Å². The first-order valence-electron chi connectivity index (χ1n) is 8.01. The standard InChI is InChI=1S/C19H21NO5/c21-18(10-11-19(22)23)20-14-15-6-8-17(9-7-15)25-13-12-24-16-4-2-1-3-5-16/h1-9H,10-14H2,(H,20,21)(H,22,23). The summed E-state index contributed by atoms with van der Waals surface area (Å²) in [5.74, 6) is 0.270. The highest BCUT2D eigenvalue weighted by Gasteiger charge is 2.05. The molecule has 132 valence electrons. The van der Waals surface area contributed by atoms with Crippen LogP contribution >= 0.6 is 0 Å². The van der Waals surface area contributed by atoms with Crippen molar-refractivity contribution in [2.24, 2.45) is 0 Å². The van der Waals surface area contributed by atoms with Crippen LogP contribution in [0.1, 0.15) is 18.4 Å². The molecule has 0 aliphatic rings. The molecule has 0 atom stereocenters. The van der Waals surface area contributed by atoms with Gasteiger partial charge in [0, 0.05) is 13.0 Å². The van der Waals surface area contributed by atoms with Crippen LogP contribution in [0.4, 0.5) is 0 Å². The monoisotopic (exact) mass is 343 g/mol. The third kappa shape index (κ3) is 7.39. The Hall–Kier alpha value is -3.02. The Morgan fingerprint density at radius 2 is 1.44 bits per heavy atom. The SMILES string of the molecule is O=C(O)CCC(=O)NCc1ccc(OCCOc2ccccc2)cc1. The van der Waals surface area contributed by atoms with Crippen molar-refractivity contribution in [3.63, 3.8) is 0 Å². The Balaban J connectivity index is 1.65. The lowest BCUT2D eigenvalue weighted by atomic mass is 10.2. The van der Waals surface area contributed by atoms with Crippen LogP contribution in [-0.4, -0.2) is 30.2 Å². The van der Waals surface area contributed by atoms with Gasteiger partial charge in [0.25, 0.3) is 0 Å². The van der Waals surface area contributed by atoms with E-state index >= 15 is 0 Å². The molecular formula is C19H21NO5. The fourth-order valence-electron chi connectivity index (χ4n) is 2.05. The number of benzene rings is 2.